The standard InChI is InChI=1S/C24H21ClN2O3/c1-2-30-24(29)16-9-7-10-18(14-16)26-22-19-11-4-5-12-20(19)23(28)27(22)15-17-8-3-6-13-21(17)25/h3-14,22,26H,2,15H2,1H3/t22-/m0/s1. The predicted molar refractivity (Wildman–Crippen MR) is 117 cm³/mol. The van der Waals surface area contributed by atoms with Crippen molar-refractivity contribution >= 4 is 29.2 Å². The second-order valence-corrected chi connectivity index (χ2v) is 7.37. The van der Waals surface area contributed by atoms with Gasteiger partial charge in [-0.05, 0) is 42.8 Å². The molecule has 0 bridgehead atoms. The van der Waals surface area contributed by atoms with Gasteiger partial charge in [-0.3, -0.25) is 4.79 Å². The number of fused-ring (bicyclic) bond motifs is 1. The molecule has 4 rings (SSSR count). The molecule has 3 aromatic carbocycles. The Labute approximate surface area is 180 Å². The summed E-state index contributed by atoms with van der Waals surface area (Å²) in [6.45, 7) is 2.45. The number of carbonyl (C=O) groups excluding carboxylic acids is 2. The first-order valence-corrected chi connectivity index (χ1v) is 10.1. The third-order valence-corrected chi connectivity index (χ3v) is 5.40. The summed E-state index contributed by atoms with van der Waals surface area (Å²) in [5.74, 6) is -0.443. The Bertz CT molecular complexity index is 1100. The molecule has 1 atom stereocenters. The highest BCUT2D eigenvalue weighted by molar-refractivity contribution is 6.31. The number of carbonyl (C=O) groups is 2. The molecule has 0 radical (unpaired) electrons. The molecule has 0 unspecified atom stereocenters. The number of hydrogen-bond donors (Lipinski definition) is 1. The van der Waals surface area contributed by atoms with Crippen molar-refractivity contribution in [1.29, 1.82) is 0 Å². The van der Waals surface area contributed by atoms with Crippen LogP contribution in [0.5, 0.6) is 0 Å². The van der Waals surface area contributed by atoms with Crippen LogP contribution in [-0.2, 0) is 11.3 Å². The summed E-state index contributed by atoms with van der Waals surface area (Å²) in [7, 11) is 0. The van der Waals surface area contributed by atoms with Crippen LogP contribution in [0.4, 0.5) is 5.69 Å². The maximum Gasteiger partial charge on any atom is 0.338 e. The van der Waals surface area contributed by atoms with Crippen LogP contribution in [0.25, 0.3) is 0 Å². The number of hydrogen-bond acceptors (Lipinski definition) is 4. The van der Waals surface area contributed by atoms with E-state index in [-0.39, 0.29) is 18.0 Å². The normalized spacial score (nSPS) is 15.1. The van der Waals surface area contributed by atoms with E-state index < -0.39 is 0 Å². The molecule has 0 spiro atoms. The zero-order valence-electron chi connectivity index (χ0n) is 16.5. The molecule has 152 valence electrons. The first kappa shape index (κ1) is 20.0. The lowest BCUT2D eigenvalue weighted by Crippen LogP contribution is -2.32. The van der Waals surface area contributed by atoms with Crippen LogP contribution in [0, 0.1) is 0 Å². The van der Waals surface area contributed by atoms with E-state index >= 15 is 0 Å². The van der Waals surface area contributed by atoms with Gasteiger partial charge in [0.1, 0.15) is 6.17 Å². The number of rotatable bonds is 6. The second-order valence-electron chi connectivity index (χ2n) is 6.96. The Hall–Kier alpha value is -3.31. The highest BCUT2D eigenvalue weighted by Crippen LogP contribution is 2.36. The summed E-state index contributed by atoms with van der Waals surface area (Å²) in [4.78, 5) is 27.0. The molecule has 1 heterocycles. The van der Waals surface area contributed by atoms with Crippen LogP contribution in [0.1, 0.15) is 44.9 Å². The summed E-state index contributed by atoms with van der Waals surface area (Å²) < 4.78 is 5.09. The number of anilines is 1. The molecule has 0 aromatic heterocycles. The molecule has 0 fully saturated rings. The van der Waals surface area contributed by atoms with Crippen molar-refractivity contribution in [3.05, 3.63) is 100 Å². The molecule has 1 aliphatic heterocycles. The Morgan fingerprint density at radius 3 is 2.63 bits per heavy atom. The topological polar surface area (TPSA) is 58.6 Å². The molecule has 6 heteroatoms. The van der Waals surface area contributed by atoms with Gasteiger partial charge in [-0.1, -0.05) is 54.1 Å². The highest BCUT2D eigenvalue weighted by Gasteiger charge is 2.36. The quantitative estimate of drug-likeness (QED) is 0.551. The highest BCUT2D eigenvalue weighted by atomic mass is 35.5. The van der Waals surface area contributed by atoms with E-state index in [2.05, 4.69) is 5.32 Å². The van der Waals surface area contributed by atoms with E-state index in [1.165, 1.54) is 0 Å². The lowest BCUT2D eigenvalue weighted by atomic mass is 10.1. The van der Waals surface area contributed by atoms with Crippen molar-refractivity contribution in [3.63, 3.8) is 0 Å². The smallest absolute Gasteiger partial charge is 0.338 e. The van der Waals surface area contributed by atoms with Crippen molar-refractivity contribution in [2.24, 2.45) is 0 Å². The predicted octanol–water partition coefficient (Wildman–Crippen LogP) is 5.28. The molecule has 0 aliphatic carbocycles. The van der Waals surface area contributed by atoms with Crippen molar-refractivity contribution < 1.29 is 14.3 Å². The number of ether oxygens (including phenoxy) is 1. The molecular formula is C24H21ClN2O3. The van der Waals surface area contributed by atoms with Crippen LogP contribution < -0.4 is 5.32 Å². The lowest BCUT2D eigenvalue weighted by molar-refractivity contribution is 0.0526. The van der Waals surface area contributed by atoms with Gasteiger partial charge in [0.05, 0.1) is 12.2 Å². The molecule has 1 N–H and O–H groups in total. The minimum atomic E-state index is -0.387. The van der Waals surface area contributed by atoms with Gasteiger partial charge in [-0.15, -0.1) is 0 Å². The molecule has 1 aliphatic rings. The Balaban J connectivity index is 1.67. The zero-order chi connectivity index (χ0) is 21.1. The van der Waals surface area contributed by atoms with Crippen molar-refractivity contribution in [3.8, 4) is 0 Å². The average molecular weight is 421 g/mol. The minimum Gasteiger partial charge on any atom is -0.462 e. The fourth-order valence-electron chi connectivity index (χ4n) is 3.61. The lowest BCUT2D eigenvalue weighted by Gasteiger charge is -2.27. The van der Waals surface area contributed by atoms with Crippen LogP contribution >= 0.6 is 11.6 Å². The van der Waals surface area contributed by atoms with Crippen molar-refractivity contribution in [2.75, 3.05) is 11.9 Å². The summed E-state index contributed by atoms with van der Waals surface area (Å²) in [6, 6.07) is 22.1. The molecule has 3 aromatic rings. The van der Waals surface area contributed by atoms with Crippen LogP contribution in [-0.4, -0.2) is 23.4 Å². The van der Waals surface area contributed by atoms with E-state index in [0.29, 0.717) is 29.3 Å². The van der Waals surface area contributed by atoms with Gasteiger partial charge in [0.15, 0.2) is 0 Å². The van der Waals surface area contributed by atoms with E-state index in [9.17, 15) is 9.59 Å². The van der Waals surface area contributed by atoms with Crippen molar-refractivity contribution in [1.82, 2.24) is 4.90 Å². The number of benzene rings is 3. The summed E-state index contributed by atoms with van der Waals surface area (Å²) in [6.07, 6.45) is -0.387. The summed E-state index contributed by atoms with van der Waals surface area (Å²) in [5.41, 5.74) is 3.59. The maximum atomic E-state index is 13.1. The number of nitrogens with zero attached hydrogens (tertiary/aromatic N) is 1. The molecule has 5 nitrogen and oxygen atoms in total. The molecule has 0 saturated carbocycles. The van der Waals surface area contributed by atoms with E-state index in [1.807, 2.05) is 54.6 Å². The van der Waals surface area contributed by atoms with E-state index in [0.717, 1.165) is 16.8 Å². The Morgan fingerprint density at radius 1 is 1.07 bits per heavy atom. The van der Waals surface area contributed by atoms with Gasteiger partial charge in [-0.2, -0.15) is 0 Å². The minimum absolute atomic E-state index is 0.0652. The monoisotopic (exact) mass is 420 g/mol. The zero-order valence-corrected chi connectivity index (χ0v) is 17.2. The van der Waals surface area contributed by atoms with Crippen LogP contribution in [0.2, 0.25) is 5.02 Å². The van der Waals surface area contributed by atoms with E-state index in [4.69, 9.17) is 16.3 Å². The Kier molecular flexibility index (Phi) is 5.72. The molecule has 0 saturated heterocycles. The average Bonchev–Trinajstić information content (AvgIpc) is 3.02. The number of amides is 1. The number of esters is 1. The van der Waals surface area contributed by atoms with Gasteiger partial charge in [0, 0.05) is 28.4 Å². The summed E-state index contributed by atoms with van der Waals surface area (Å²) >= 11 is 6.35. The van der Waals surface area contributed by atoms with Gasteiger partial charge < -0.3 is 15.0 Å². The van der Waals surface area contributed by atoms with Gasteiger partial charge in [0.2, 0.25) is 0 Å². The maximum absolute atomic E-state index is 13.1. The first-order chi connectivity index (χ1) is 14.6. The second kappa shape index (κ2) is 8.59. The third-order valence-electron chi connectivity index (χ3n) is 5.03. The van der Waals surface area contributed by atoms with Gasteiger partial charge in [-0.25, -0.2) is 4.79 Å². The Morgan fingerprint density at radius 2 is 1.83 bits per heavy atom. The fraction of sp³-hybridized carbons (Fsp3) is 0.167. The largest absolute Gasteiger partial charge is 0.462 e. The number of halogens is 1. The van der Waals surface area contributed by atoms with Gasteiger partial charge >= 0.3 is 5.97 Å². The summed E-state index contributed by atoms with van der Waals surface area (Å²) in [5, 5.41) is 4.02. The van der Waals surface area contributed by atoms with Gasteiger partial charge in [0.25, 0.3) is 5.91 Å². The molecule has 30 heavy (non-hydrogen) atoms. The SMILES string of the molecule is CCOC(=O)c1cccc(N[C@@H]2c3ccccc3C(=O)N2Cc2ccccc2Cl)c1. The van der Waals surface area contributed by atoms with E-state index in [1.54, 1.807) is 30.0 Å². The van der Waals surface area contributed by atoms with Crippen molar-refractivity contribution in [2.45, 2.75) is 19.6 Å². The number of nitrogens with one attached hydrogen (secondary N) is 1. The third kappa shape index (κ3) is 3.89. The molecule has 1 amide bonds. The van der Waals surface area contributed by atoms with Crippen LogP contribution in [0.15, 0.2) is 72.8 Å². The molecular weight excluding hydrogens is 400 g/mol. The fourth-order valence-corrected chi connectivity index (χ4v) is 3.80. The van der Waals surface area contributed by atoms with Crippen LogP contribution in [0.3, 0.4) is 0 Å². The first-order valence-electron chi connectivity index (χ1n) is 9.75.